The van der Waals surface area contributed by atoms with Gasteiger partial charge in [-0.3, -0.25) is 10.1 Å². The first-order valence-electron chi connectivity index (χ1n) is 9.89. The highest BCUT2D eigenvalue weighted by atomic mass is 32.2. The van der Waals surface area contributed by atoms with Crippen LogP contribution in [0.3, 0.4) is 0 Å². The molecule has 4 unspecified atom stereocenters. The summed E-state index contributed by atoms with van der Waals surface area (Å²) < 4.78 is 23.6. The molecular weight excluding hydrogens is 380 g/mol. The van der Waals surface area contributed by atoms with Crippen molar-refractivity contribution in [3.8, 4) is 0 Å². The van der Waals surface area contributed by atoms with Crippen molar-refractivity contribution in [3.63, 3.8) is 0 Å². The number of nitro groups is 1. The van der Waals surface area contributed by atoms with Gasteiger partial charge in [-0.05, 0) is 43.1 Å². The molecule has 9 heteroatoms. The summed E-state index contributed by atoms with van der Waals surface area (Å²) in [5.74, 6) is 2.48. The standard InChI is InChI=1S/C19H26N4O4S/c24-23(25)17-5-2-13(3-6-17)11-20-19(21-16-7-8-28(26,27)12-16)22-18-10-14-1-4-15(18)9-14/h2-3,5-6,14-16,18H,1,4,7-12H2,(H2,20,21,22). The van der Waals surface area contributed by atoms with Gasteiger partial charge in [-0.25, -0.2) is 13.4 Å². The fourth-order valence-corrected chi connectivity index (χ4v) is 6.40. The smallest absolute Gasteiger partial charge is 0.269 e. The van der Waals surface area contributed by atoms with Gasteiger partial charge in [-0.15, -0.1) is 0 Å². The van der Waals surface area contributed by atoms with Gasteiger partial charge in [0.05, 0.1) is 23.0 Å². The topological polar surface area (TPSA) is 114 Å². The number of fused-ring (bicyclic) bond motifs is 2. The van der Waals surface area contributed by atoms with E-state index in [9.17, 15) is 18.5 Å². The fourth-order valence-electron chi connectivity index (χ4n) is 4.73. The van der Waals surface area contributed by atoms with Gasteiger partial charge in [0.2, 0.25) is 0 Å². The first-order valence-corrected chi connectivity index (χ1v) is 11.7. The van der Waals surface area contributed by atoms with Gasteiger partial charge in [0.25, 0.3) is 5.69 Å². The van der Waals surface area contributed by atoms with Crippen molar-refractivity contribution in [2.24, 2.45) is 16.8 Å². The van der Waals surface area contributed by atoms with E-state index in [2.05, 4.69) is 15.6 Å². The Balaban J connectivity index is 1.45. The third kappa shape index (κ3) is 4.45. The predicted octanol–water partition coefficient (Wildman–Crippen LogP) is 2.01. The summed E-state index contributed by atoms with van der Waals surface area (Å²) in [5, 5.41) is 17.6. The van der Waals surface area contributed by atoms with E-state index in [1.54, 1.807) is 12.1 Å². The predicted molar refractivity (Wildman–Crippen MR) is 107 cm³/mol. The quantitative estimate of drug-likeness (QED) is 0.335. The third-order valence-electron chi connectivity index (χ3n) is 6.20. The van der Waals surface area contributed by atoms with Crippen molar-refractivity contribution in [2.45, 2.75) is 50.7 Å². The van der Waals surface area contributed by atoms with E-state index in [1.165, 1.54) is 31.4 Å². The highest BCUT2D eigenvalue weighted by Gasteiger charge is 2.40. The number of hydrogen-bond acceptors (Lipinski definition) is 5. The molecule has 1 aliphatic heterocycles. The Labute approximate surface area is 164 Å². The number of nitrogens with zero attached hydrogens (tertiary/aromatic N) is 2. The van der Waals surface area contributed by atoms with Crippen LogP contribution < -0.4 is 10.6 Å². The van der Waals surface area contributed by atoms with Crippen LogP contribution in [0.5, 0.6) is 0 Å². The van der Waals surface area contributed by atoms with Gasteiger partial charge in [-0.1, -0.05) is 18.6 Å². The molecule has 4 atom stereocenters. The van der Waals surface area contributed by atoms with E-state index in [0.717, 1.165) is 17.9 Å². The number of nitrogens with one attached hydrogen (secondary N) is 2. The van der Waals surface area contributed by atoms with E-state index in [0.29, 0.717) is 30.9 Å². The molecule has 1 aromatic carbocycles. The lowest BCUT2D eigenvalue weighted by molar-refractivity contribution is -0.384. The molecule has 2 bridgehead atoms. The average molecular weight is 407 g/mol. The van der Waals surface area contributed by atoms with Gasteiger partial charge in [0.1, 0.15) is 0 Å². The summed E-state index contributed by atoms with van der Waals surface area (Å²) in [7, 11) is -2.97. The summed E-state index contributed by atoms with van der Waals surface area (Å²) in [4.78, 5) is 15.0. The monoisotopic (exact) mass is 406 g/mol. The highest BCUT2D eigenvalue weighted by molar-refractivity contribution is 7.91. The number of sulfone groups is 1. The van der Waals surface area contributed by atoms with Crippen LogP contribution in [-0.4, -0.2) is 42.9 Å². The Morgan fingerprint density at radius 2 is 1.93 bits per heavy atom. The molecule has 1 heterocycles. The van der Waals surface area contributed by atoms with E-state index in [1.807, 2.05) is 0 Å². The molecule has 8 nitrogen and oxygen atoms in total. The van der Waals surface area contributed by atoms with Crippen LogP contribution in [0.1, 0.15) is 37.7 Å². The maximum absolute atomic E-state index is 11.8. The van der Waals surface area contributed by atoms with Crippen molar-refractivity contribution >= 4 is 21.5 Å². The molecule has 152 valence electrons. The number of guanidine groups is 1. The number of non-ortho nitro benzene ring substituents is 1. The minimum atomic E-state index is -2.97. The molecule has 4 rings (SSSR count). The van der Waals surface area contributed by atoms with Gasteiger partial charge in [0.15, 0.2) is 15.8 Å². The summed E-state index contributed by atoms with van der Waals surface area (Å²) in [6.45, 7) is 0.383. The maximum Gasteiger partial charge on any atom is 0.269 e. The van der Waals surface area contributed by atoms with Gasteiger partial charge >= 0.3 is 0 Å². The lowest BCUT2D eigenvalue weighted by Gasteiger charge is -2.26. The Hall–Kier alpha value is -2.16. The minimum absolute atomic E-state index is 0.0577. The molecule has 0 amide bonds. The summed E-state index contributed by atoms with van der Waals surface area (Å²) in [6, 6.07) is 6.63. The van der Waals surface area contributed by atoms with E-state index < -0.39 is 14.8 Å². The lowest BCUT2D eigenvalue weighted by atomic mass is 9.95. The maximum atomic E-state index is 11.8. The molecule has 1 aromatic rings. The Bertz CT molecular complexity index is 868. The second kappa shape index (κ2) is 7.69. The summed E-state index contributed by atoms with van der Waals surface area (Å²) in [5.41, 5.74) is 0.932. The van der Waals surface area contributed by atoms with Crippen LogP contribution in [0.25, 0.3) is 0 Å². The molecule has 1 saturated heterocycles. The van der Waals surface area contributed by atoms with Crippen molar-refractivity contribution in [1.29, 1.82) is 0 Å². The normalized spacial score (nSPS) is 31.1. The third-order valence-corrected chi connectivity index (χ3v) is 7.97. The number of rotatable bonds is 5. The number of nitro benzene ring substituents is 1. The van der Waals surface area contributed by atoms with Crippen LogP contribution in [-0.2, 0) is 16.4 Å². The van der Waals surface area contributed by atoms with E-state index >= 15 is 0 Å². The van der Waals surface area contributed by atoms with Crippen molar-refractivity contribution in [1.82, 2.24) is 10.6 Å². The van der Waals surface area contributed by atoms with Gasteiger partial charge < -0.3 is 10.6 Å². The van der Waals surface area contributed by atoms with Crippen molar-refractivity contribution in [2.75, 3.05) is 11.5 Å². The van der Waals surface area contributed by atoms with Crippen molar-refractivity contribution in [3.05, 3.63) is 39.9 Å². The average Bonchev–Trinajstić information content (AvgIpc) is 3.35. The zero-order valence-electron chi connectivity index (χ0n) is 15.7. The molecule has 2 saturated carbocycles. The molecule has 0 radical (unpaired) electrons. The second-order valence-corrected chi connectivity index (χ2v) is 10.5. The Morgan fingerprint density at radius 1 is 1.14 bits per heavy atom. The molecule has 3 aliphatic rings. The second-order valence-electron chi connectivity index (χ2n) is 8.26. The SMILES string of the molecule is O=[N+]([O-])c1ccc(CN=C(NC2CCS(=O)(=O)C2)NC2CC3CCC2C3)cc1. The molecule has 28 heavy (non-hydrogen) atoms. The zero-order valence-corrected chi connectivity index (χ0v) is 16.5. The van der Waals surface area contributed by atoms with E-state index in [-0.39, 0.29) is 23.2 Å². The number of hydrogen-bond donors (Lipinski definition) is 2. The van der Waals surface area contributed by atoms with Crippen LogP contribution in [0.4, 0.5) is 5.69 Å². The minimum Gasteiger partial charge on any atom is -0.353 e. The molecule has 0 aromatic heterocycles. The van der Waals surface area contributed by atoms with Crippen LogP contribution in [0.2, 0.25) is 0 Å². The molecule has 2 N–H and O–H groups in total. The highest BCUT2D eigenvalue weighted by Crippen LogP contribution is 2.44. The molecule has 0 spiro atoms. The fraction of sp³-hybridized carbons (Fsp3) is 0.632. The van der Waals surface area contributed by atoms with Crippen LogP contribution >= 0.6 is 0 Å². The molecular formula is C19H26N4O4S. The largest absolute Gasteiger partial charge is 0.353 e. The summed E-state index contributed by atoms with van der Waals surface area (Å²) >= 11 is 0. The van der Waals surface area contributed by atoms with Crippen LogP contribution in [0, 0.1) is 22.0 Å². The Kier molecular flexibility index (Phi) is 5.27. The summed E-state index contributed by atoms with van der Waals surface area (Å²) in [6.07, 6.45) is 5.57. The first kappa shape index (κ1) is 19.2. The van der Waals surface area contributed by atoms with E-state index in [4.69, 9.17) is 0 Å². The van der Waals surface area contributed by atoms with Crippen molar-refractivity contribution < 1.29 is 13.3 Å². The first-order chi connectivity index (χ1) is 13.4. The van der Waals surface area contributed by atoms with Crippen LogP contribution in [0.15, 0.2) is 29.3 Å². The molecule has 3 fully saturated rings. The molecule has 2 aliphatic carbocycles. The Morgan fingerprint density at radius 3 is 2.50 bits per heavy atom. The lowest BCUT2D eigenvalue weighted by Crippen LogP contribution is -2.49. The van der Waals surface area contributed by atoms with Gasteiger partial charge in [0, 0.05) is 24.2 Å². The number of aliphatic imine (C=N–C) groups is 1. The zero-order chi connectivity index (χ0) is 19.7. The number of benzene rings is 1. The van der Waals surface area contributed by atoms with Gasteiger partial charge in [-0.2, -0.15) is 0 Å².